The van der Waals surface area contributed by atoms with E-state index in [2.05, 4.69) is 10.6 Å². The molecular formula is C14H21N3O2S. The minimum absolute atomic E-state index is 0.0864. The van der Waals surface area contributed by atoms with Gasteiger partial charge in [-0.25, -0.2) is 0 Å². The van der Waals surface area contributed by atoms with Gasteiger partial charge in [0.05, 0.1) is 7.11 Å². The van der Waals surface area contributed by atoms with Gasteiger partial charge in [-0.05, 0) is 32.9 Å². The van der Waals surface area contributed by atoms with E-state index in [1.807, 2.05) is 13.8 Å². The van der Waals surface area contributed by atoms with Crippen LogP contribution in [-0.2, 0) is 4.79 Å². The zero-order valence-corrected chi connectivity index (χ0v) is 13.0. The molecule has 1 aromatic carbocycles. The molecular weight excluding hydrogens is 274 g/mol. The highest BCUT2D eigenvalue weighted by Gasteiger charge is 2.16. The first-order valence-electron chi connectivity index (χ1n) is 6.40. The number of nitrogens with two attached hydrogens (primary N) is 1. The molecule has 0 fully saturated rings. The van der Waals surface area contributed by atoms with Gasteiger partial charge in [0.25, 0.3) is 0 Å². The Morgan fingerprint density at radius 1 is 1.35 bits per heavy atom. The predicted molar refractivity (Wildman–Crippen MR) is 85.2 cm³/mol. The molecule has 1 amide bonds. The lowest BCUT2D eigenvalue weighted by molar-refractivity contribution is -0.122. The fourth-order valence-electron chi connectivity index (χ4n) is 1.69. The molecule has 20 heavy (non-hydrogen) atoms. The first-order valence-corrected chi connectivity index (χ1v) is 6.80. The monoisotopic (exact) mass is 295 g/mol. The quantitative estimate of drug-likeness (QED) is 0.696. The Bertz CT molecular complexity index is 503. The van der Waals surface area contributed by atoms with Gasteiger partial charge in [0.15, 0.2) is 0 Å². The number of methoxy groups -OCH3 is 1. The second-order valence-electron chi connectivity index (χ2n) is 4.81. The Hall–Kier alpha value is -1.82. The van der Waals surface area contributed by atoms with E-state index >= 15 is 0 Å². The average Bonchev–Trinajstić information content (AvgIpc) is 2.37. The van der Waals surface area contributed by atoms with E-state index in [1.165, 1.54) is 0 Å². The maximum atomic E-state index is 11.9. The van der Waals surface area contributed by atoms with Gasteiger partial charge in [-0.3, -0.25) is 4.79 Å². The molecule has 1 unspecified atom stereocenters. The lowest BCUT2D eigenvalue weighted by Crippen LogP contribution is -2.41. The number of anilines is 1. The molecule has 0 bridgehead atoms. The third-order valence-corrected chi connectivity index (χ3v) is 2.91. The Kier molecular flexibility index (Phi) is 5.76. The van der Waals surface area contributed by atoms with E-state index < -0.39 is 6.04 Å². The molecule has 0 aliphatic rings. The van der Waals surface area contributed by atoms with Gasteiger partial charge >= 0.3 is 0 Å². The zero-order chi connectivity index (χ0) is 15.3. The highest BCUT2D eigenvalue weighted by Crippen LogP contribution is 2.23. The van der Waals surface area contributed by atoms with Crippen molar-refractivity contribution >= 4 is 28.8 Å². The maximum absolute atomic E-state index is 11.9. The van der Waals surface area contributed by atoms with Crippen LogP contribution in [0.5, 0.6) is 5.75 Å². The highest BCUT2D eigenvalue weighted by molar-refractivity contribution is 7.80. The molecule has 1 atom stereocenters. The molecule has 0 radical (unpaired) electrons. The van der Waals surface area contributed by atoms with E-state index in [-0.39, 0.29) is 16.9 Å². The minimum atomic E-state index is -0.405. The largest absolute Gasteiger partial charge is 0.497 e. The number of thiocarbonyl (C=S) groups is 1. The molecule has 0 aliphatic carbocycles. The van der Waals surface area contributed by atoms with Crippen molar-refractivity contribution in [2.45, 2.75) is 32.9 Å². The summed E-state index contributed by atoms with van der Waals surface area (Å²) >= 11 is 5.01. The van der Waals surface area contributed by atoms with Crippen molar-refractivity contribution in [2.24, 2.45) is 5.73 Å². The summed E-state index contributed by atoms with van der Waals surface area (Å²) < 4.78 is 5.17. The van der Waals surface area contributed by atoms with Crippen molar-refractivity contribution in [3.63, 3.8) is 0 Å². The van der Waals surface area contributed by atoms with Crippen LogP contribution in [0.3, 0.4) is 0 Å². The van der Waals surface area contributed by atoms with Crippen molar-refractivity contribution in [3.05, 3.63) is 23.8 Å². The Labute approximate surface area is 124 Å². The van der Waals surface area contributed by atoms with Crippen LogP contribution in [0, 0.1) is 0 Å². The average molecular weight is 295 g/mol. The molecule has 0 aromatic heterocycles. The summed E-state index contributed by atoms with van der Waals surface area (Å²) in [5.74, 6) is 0.584. The van der Waals surface area contributed by atoms with Crippen molar-refractivity contribution in [1.82, 2.24) is 5.32 Å². The van der Waals surface area contributed by atoms with Crippen molar-refractivity contribution < 1.29 is 9.53 Å². The van der Waals surface area contributed by atoms with Crippen LogP contribution in [0.2, 0.25) is 0 Å². The van der Waals surface area contributed by atoms with Crippen molar-refractivity contribution in [3.8, 4) is 5.75 Å². The number of rotatable bonds is 6. The second-order valence-corrected chi connectivity index (χ2v) is 5.24. The predicted octanol–water partition coefficient (Wildman–Crippen LogP) is 1.65. The number of benzene rings is 1. The normalized spacial score (nSPS) is 11.8. The van der Waals surface area contributed by atoms with Crippen LogP contribution in [0.25, 0.3) is 0 Å². The second kappa shape index (κ2) is 7.09. The molecule has 1 aromatic rings. The zero-order valence-electron chi connectivity index (χ0n) is 12.2. The van der Waals surface area contributed by atoms with E-state index in [1.54, 1.807) is 32.2 Å². The molecule has 110 valence electrons. The van der Waals surface area contributed by atoms with Gasteiger partial charge in [0.2, 0.25) is 5.91 Å². The van der Waals surface area contributed by atoms with Crippen LogP contribution in [0.1, 0.15) is 26.3 Å². The Morgan fingerprint density at radius 2 is 2.00 bits per heavy atom. The molecule has 6 heteroatoms. The SMILES string of the molecule is COc1ccc(C(N)=S)c(NC(C)C(=O)NC(C)C)c1. The van der Waals surface area contributed by atoms with Crippen LogP contribution in [0.4, 0.5) is 5.69 Å². The Morgan fingerprint density at radius 3 is 2.50 bits per heavy atom. The summed E-state index contributed by atoms with van der Waals surface area (Å²) in [6, 6.07) is 5.01. The molecule has 5 nitrogen and oxygen atoms in total. The Balaban J connectivity index is 2.94. The first kappa shape index (κ1) is 16.2. The van der Waals surface area contributed by atoms with Gasteiger partial charge in [-0.2, -0.15) is 0 Å². The number of ether oxygens (including phenoxy) is 1. The molecule has 1 rings (SSSR count). The summed E-state index contributed by atoms with van der Waals surface area (Å²) in [5.41, 5.74) is 7.06. The van der Waals surface area contributed by atoms with Gasteiger partial charge < -0.3 is 21.1 Å². The van der Waals surface area contributed by atoms with Crippen LogP contribution in [0.15, 0.2) is 18.2 Å². The topological polar surface area (TPSA) is 76.4 Å². The number of nitrogens with one attached hydrogen (secondary N) is 2. The van der Waals surface area contributed by atoms with Crippen LogP contribution >= 0.6 is 12.2 Å². The molecule has 0 saturated carbocycles. The fraction of sp³-hybridized carbons (Fsp3) is 0.429. The lowest BCUT2D eigenvalue weighted by Gasteiger charge is -2.19. The molecule has 0 heterocycles. The summed E-state index contributed by atoms with van der Waals surface area (Å²) in [6.45, 7) is 5.60. The van der Waals surface area contributed by atoms with E-state index in [0.29, 0.717) is 17.0 Å². The van der Waals surface area contributed by atoms with Crippen molar-refractivity contribution in [2.75, 3.05) is 12.4 Å². The number of hydrogen-bond acceptors (Lipinski definition) is 4. The molecule has 0 aliphatic heterocycles. The van der Waals surface area contributed by atoms with Gasteiger partial charge in [-0.15, -0.1) is 0 Å². The summed E-state index contributed by atoms with van der Waals surface area (Å²) in [5, 5.41) is 5.96. The van der Waals surface area contributed by atoms with E-state index in [4.69, 9.17) is 22.7 Å². The molecule has 4 N–H and O–H groups in total. The highest BCUT2D eigenvalue weighted by atomic mass is 32.1. The van der Waals surface area contributed by atoms with Crippen LogP contribution in [-0.4, -0.2) is 30.1 Å². The first-order chi connectivity index (χ1) is 9.35. The van der Waals surface area contributed by atoms with E-state index in [0.717, 1.165) is 0 Å². The lowest BCUT2D eigenvalue weighted by atomic mass is 10.1. The van der Waals surface area contributed by atoms with Gasteiger partial charge in [0, 0.05) is 23.4 Å². The maximum Gasteiger partial charge on any atom is 0.242 e. The summed E-state index contributed by atoms with van der Waals surface area (Å²) in [4.78, 5) is 12.2. The number of amides is 1. The number of hydrogen-bond donors (Lipinski definition) is 3. The number of carbonyl (C=O) groups excluding carboxylic acids is 1. The number of carbonyl (C=O) groups is 1. The van der Waals surface area contributed by atoms with E-state index in [9.17, 15) is 4.79 Å². The third kappa shape index (κ3) is 4.38. The minimum Gasteiger partial charge on any atom is -0.497 e. The third-order valence-electron chi connectivity index (χ3n) is 2.69. The fourth-order valence-corrected chi connectivity index (χ4v) is 1.87. The summed E-state index contributed by atoms with van der Waals surface area (Å²) in [7, 11) is 1.58. The van der Waals surface area contributed by atoms with Crippen molar-refractivity contribution in [1.29, 1.82) is 0 Å². The van der Waals surface area contributed by atoms with Crippen LogP contribution < -0.4 is 21.1 Å². The molecule has 0 saturated heterocycles. The van der Waals surface area contributed by atoms with Gasteiger partial charge in [-0.1, -0.05) is 12.2 Å². The standard InChI is InChI=1S/C14H21N3O2S/c1-8(2)16-14(18)9(3)17-12-7-10(19-4)5-6-11(12)13(15)20/h5-9,17H,1-4H3,(H2,15,20)(H,16,18). The van der Waals surface area contributed by atoms with Gasteiger partial charge in [0.1, 0.15) is 16.8 Å². The summed E-state index contributed by atoms with van der Waals surface area (Å²) in [6.07, 6.45) is 0. The molecule has 0 spiro atoms. The smallest absolute Gasteiger partial charge is 0.242 e.